The smallest absolute Gasteiger partial charge is 0.181 e. The molecule has 1 saturated heterocycles. The molecule has 1 atom stereocenters. The molecule has 88 valence electrons. The summed E-state index contributed by atoms with van der Waals surface area (Å²) in [7, 11) is 0. The molecule has 1 aliphatic rings. The van der Waals surface area contributed by atoms with Crippen LogP contribution >= 0.6 is 0 Å². The van der Waals surface area contributed by atoms with Crippen molar-refractivity contribution in [2.75, 3.05) is 6.54 Å². The molecule has 2 heterocycles. The average Bonchev–Trinajstić information content (AvgIpc) is 2.97. The van der Waals surface area contributed by atoms with Crippen molar-refractivity contribution in [3.8, 4) is 0 Å². The Morgan fingerprint density at radius 3 is 3.06 bits per heavy atom. The zero-order chi connectivity index (χ0) is 11.8. The van der Waals surface area contributed by atoms with Crippen molar-refractivity contribution < 1.29 is 4.79 Å². The van der Waals surface area contributed by atoms with Crippen LogP contribution in [0.3, 0.4) is 0 Å². The highest BCUT2D eigenvalue weighted by atomic mass is 16.1. The van der Waals surface area contributed by atoms with Crippen LogP contribution in [0, 0.1) is 6.92 Å². The molecule has 0 aliphatic carbocycles. The van der Waals surface area contributed by atoms with E-state index in [4.69, 9.17) is 0 Å². The van der Waals surface area contributed by atoms with Crippen molar-refractivity contribution in [3.63, 3.8) is 0 Å². The lowest BCUT2D eigenvalue weighted by atomic mass is 10.0. The number of aromatic nitrogens is 1. The summed E-state index contributed by atoms with van der Waals surface area (Å²) in [6, 6.07) is 6.17. The first kappa shape index (κ1) is 10.5. The lowest BCUT2D eigenvalue weighted by Gasteiger charge is -2.07. The summed E-state index contributed by atoms with van der Waals surface area (Å²) in [6.45, 7) is 3.01. The normalized spacial score (nSPS) is 19.9. The highest BCUT2D eigenvalue weighted by Crippen LogP contribution is 2.22. The fourth-order valence-corrected chi connectivity index (χ4v) is 2.53. The third-order valence-electron chi connectivity index (χ3n) is 3.48. The first-order valence-electron chi connectivity index (χ1n) is 6.11. The first-order valence-corrected chi connectivity index (χ1v) is 6.11. The molecule has 2 N–H and O–H groups in total. The van der Waals surface area contributed by atoms with Gasteiger partial charge < -0.3 is 10.3 Å². The molecule has 1 aliphatic heterocycles. The van der Waals surface area contributed by atoms with E-state index < -0.39 is 0 Å². The van der Waals surface area contributed by atoms with Crippen LogP contribution < -0.4 is 5.32 Å². The Morgan fingerprint density at radius 1 is 1.41 bits per heavy atom. The van der Waals surface area contributed by atoms with Crippen LogP contribution in [-0.2, 0) is 0 Å². The van der Waals surface area contributed by atoms with E-state index in [1.54, 1.807) is 0 Å². The minimum atomic E-state index is 0.00881. The number of rotatable bonds is 2. The number of carbonyl (C=O) groups excluding carboxylic acids is 1. The van der Waals surface area contributed by atoms with Crippen LogP contribution in [0.2, 0.25) is 0 Å². The minimum absolute atomic E-state index is 0.00881. The molecule has 3 rings (SSSR count). The summed E-state index contributed by atoms with van der Waals surface area (Å²) in [5, 5.41) is 4.31. The van der Waals surface area contributed by atoms with Crippen molar-refractivity contribution in [3.05, 3.63) is 35.5 Å². The number of carbonyl (C=O) groups is 1. The molecule has 1 aromatic carbocycles. The van der Waals surface area contributed by atoms with E-state index in [-0.39, 0.29) is 11.8 Å². The number of fused-ring (bicyclic) bond motifs is 1. The first-order chi connectivity index (χ1) is 8.25. The number of aromatic amines is 1. The quantitative estimate of drug-likeness (QED) is 0.775. The molecule has 3 nitrogen and oxygen atoms in total. The fourth-order valence-electron chi connectivity index (χ4n) is 2.53. The molecule has 0 amide bonds. The predicted octanol–water partition coefficient (Wildman–Crippen LogP) is 2.41. The standard InChI is InChI=1S/C14H16N2O/c1-9-4-5-12-10(7-9)11(8-16-12)14(17)13-3-2-6-15-13/h4-5,7-8,13,15-16H,2-3,6H2,1H3/t13-/m1/s1. The second-order valence-corrected chi connectivity index (χ2v) is 4.76. The highest BCUT2D eigenvalue weighted by Gasteiger charge is 2.25. The van der Waals surface area contributed by atoms with Crippen LogP contribution in [0.15, 0.2) is 24.4 Å². The summed E-state index contributed by atoms with van der Waals surface area (Å²) in [6.07, 6.45) is 3.89. The number of benzene rings is 1. The van der Waals surface area contributed by atoms with Crippen molar-refractivity contribution in [1.29, 1.82) is 0 Å². The molecule has 17 heavy (non-hydrogen) atoms. The van der Waals surface area contributed by atoms with E-state index in [2.05, 4.69) is 29.4 Å². The Hall–Kier alpha value is -1.61. The van der Waals surface area contributed by atoms with Gasteiger partial charge in [-0.1, -0.05) is 11.6 Å². The van der Waals surface area contributed by atoms with Crippen LogP contribution in [0.1, 0.15) is 28.8 Å². The molecule has 1 fully saturated rings. The molecule has 0 unspecified atom stereocenters. The lowest BCUT2D eigenvalue weighted by Crippen LogP contribution is -2.30. The maximum absolute atomic E-state index is 12.4. The van der Waals surface area contributed by atoms with Crippen molar-refractivity contribution in [2.45, 2.75) is 25.8 Å². The van der Waals surface area contributed by atoms with Gasteiger partial charge in [-0.05, 0) is 38.4 Å². The van der Waals surface area contributed by atoms with Crippen LogP contribution in [-0.4, -0.2) is 23.4 Å². The molecule has 0 spiro atoms. The zero-order valence-electron chi connectivity index (χ0n) is 9.92. The molecule has 3 heteroatoms. The molecular weight excluding hydrogens is 212 g/mol. The lowest BCUT2D eigenvalue weighted by molar-refractivity contribution is 0.0954. The van der Waals surface area contributed by atoms with Gasteiger partial charge in [-0.25, -0.2) is 0 Å². The van der Waals surface area contributed by atoms with Crippen molar-refractivity contribution in [1.82, 2.24) is 10.3 Å². The number of H-pyrrole nitrogens is 1. The Balaban J connectivity index is 2.04. The second-order valence-electron chi connectivity index (χ2n) is 4.76. The summed E-state index contributed by atoms with van der Waals surface area (Å²) >= 11 is 0. The summed E-state index contributed by atoms with van der Waals surface area (Å²) in [5.74, 6) is 0.222. The van der Waals surface area contributed by atoms with Gasteiger partial charge in [-0.2, -0.15) is 0 Å². The summed E-state index contributed by atoms with van der Waals surface area (Å²) in [5.41, 5.74) is 3.05. The molecule has 2 aromatic rings. The van der Waals surface area contributed by atoms with Crippen molar-refractivity contribution >= 4 is 16.7 Å². The van der Waals surface area contributed by atoms with Gasteiger partial charge in [0.05, 0.1) is 6.04 Å². The minimum Gasteiger partial charge on any atom is -0.360 e. The van der Waals surface area contributed by atoms with Gasteiger partial charge in [0.25, 0.3) is 0 Å². The molecule has 0 radical (unpaired) electrons. The second kappa shape index (κ2) is 4.00. The fraction of sp³-hybridized carbons (Fsp3) is 0.357. The van der Waals surface area contributed by atoms with E-state index >= 15 is 0 Å². The Labute approximate surface area is 100 Å². The molecule has 0 saturated carbocycles. The van der Waals surface area contributed by atoms with Crippen LogP contribution in [0.25, 0.3) is 10.9 Å². The molecular formula is C14H16N2O. The number of ketones is 1. The SMILES string of the molecule is Cc1ccc2[nH]cc(C(=O)[C@H]3CCCN3)c2c1. The summed E-state index contributed by atoms with van der Waals surface area (Å²) < 4.78 is 0. The maximum atomic E-state index is 12.4. The largest absolute Gasteiger partial charge is 0.360 e. The average molecular weight is 228 g/mol. The predicted molar refractivity (Wildman–Crippen MR) is 68.4 cm³/mol. The maximum Gasteiger partial charge on any atom is 0.181 e. The van der Waals surface area contributed by atoms with Crippen LogP contribution in [0.5, 0.6) is 0 Å². The van der Waals surface area contributed by atoms with Gasteiger partial charge in [0.2, 0.25) is 0 Å². The van der Waals surface area contributed by atoms with E-state index in [9.17, 15) is 4.79 Å². The van der Waals surface area contributed by atoms with E-state index in [1.807, 2.05) is 12.3 Å². The van der Waals surface area contributed by atoms with E-state index in [0.717, 1.165) is 35.9 Å². The van der Waals surface area contributed by atoms with Gasteiger partial charge in [0, 0.05) is 22.7 Å². The van der Waals surface area contributed by atoms with Gasteiger partial charge in [0.15, 0.2) is 5.78 Å². The van der Waals surface area contributed by atoms with Gasteiger partial charge in [-0.15, -0.1) is 0 Å². The van der Waals surface area contributed by atoms with Crippen LogP contribution in [0.4, 0.5) is 0 Å². The number of hydrogen-bond acceptors (Lipinski definition) is 2. The Morgan fingerprint density at radius 2 is 2.29 bits per heavy atom. The number of aryl methyl sites for hydroxylation is 1. The number of nitrogens with one attached hydrogen (secondary N) is 2. The molecule has 1 aromatic heterocycles. The number of hydrogen-bond donors (Lipinski definition) is 2. The summed E-state index contributed by atoms with van der Waals surface area (Å²) in [4.78, 5) is 15.5. The topological polar surface area (TPSA) is 44.9 Å². The van der Waals surface area contributed by atoms with Gasteiger partial charge in [0.1, 0.15) is 0 Å². The Kier molecular flexibility index (Phi) is 2.48. The highest BCUT2D eigenvalue weighted by molar-refractivity contribution is 6.10. The third kappa shape index (κ3) is 1.76. The number of Topliss-reactive ketones (excluding diaryl/α,β-unsaturated/α-hetero) is 1. The van der Waals surface area contributed by atoms with Crippen molar-refractivity contribution in [2.24, 2.45) is 0 Å². The third-order valence-corrected chi connectivity index (χ3v) is 3.48. The van der Waals surface area contributed by atoms with Gasteiger partial charge >= 0.3 is 0 Å². The van der Waals surface area contributed by atoms with E-state index in [1.165, 1.54) is 5.56 Å². The monoisotopic (exact) mass is 228 g/mol. The Bertz CT molecular complexity index is 565. The van der Waals surface area contributed by atoms with E-state index in [0.29, 0.717) is 0 Å². The zero-order valence-corrected chi connectivity index (χ0v) is 9.92. The van der Waals surface area contributed by atoms with Gasteiger partial charge in [-0.3, -0.25) is 4.79 Å². The molecule has 0 bridgehead atoms.